The summed E-state index contributed by atoms with van der Waals surface area (Å²) >= 11 is 0. The van der Waals surface area contributed by atoms with Crippen molar-refractivity contribution in [2.24, 2.45) is 0 Å². The normalized spacial score (nSPS) is 11.9. The van der Waals surface area contributed by atoms with E-state index in [-0.39, 0.29) is 12.3 Å². The largest absolute Gasteiger partial charge is 0.262 e. The summed E-state index contributed by atoms with van der Waals surface area (Å²) in [5.74, 6) is 0.618. The fourth-order valence-corrected chi connectivity index (χ4v) is 2.79. The van der Waals surface area contributed by atoms with Crippen molar-refractivity contribution < 1.29 is 8.42 Å². The van der Waals surface area contributed by atoms with Crippen molar-refractivity contribution in [3.8, 4) is 0 Å². The van der Waals surface area contributed by atoms with Crippen molar-refractivity contribution in [1.29, 1.82) is 0 Å². The van der Waals surface area contributed by atoms with E-state index in [1.54, 1.807) is 7.05 Å². The molecule has 2 rings (SSSR count). The maximum absolute atomic E-state index is 12.1. The number of hydrogen-bond donors (Lipinski definition) is 1. The highest BCUT2D eigenvalue weighted by molar-refractivity contribution is 7.89. The molecule has 0 radical (unpaired) electrons. The number of sulfonamides is 1. The Labute approximate surface area is 112 Å². The summed E-state index contributed by atoms with van der Waals surface area (Å²) in [6, 6.07) is 9.56. The average Bonchev–Trinajstić information content (AvgIpc) is 2.90. The van der Waals surface area contributed by atoms with Gasteiger partial charge in [-0.2, -0.15) is 9.40 Å². The van der Waals surface area contributed by atoms with Gasteiger partial charge in [0.15, 0.2) is 0 Å². The van der Waals surface area contributed by atoms with Crippen molar-refractivity contribution in [2.75, 3.05) is 12.8 Å². The van der Waals surface area contributed by atoms with Gasteiger partial charge in [-0.25, -0.2) is 13.4 Å². The van der Waals surface area contributed by atoms with Crippen molar-refractivity contribution >= 4 is 10.0 Å². The monoisotopic (exact) mass is 280 g/mol. The fourth-order valence-electron chi connectivity index (χ4n) is 1.66. The Morgan fingerprint density at radius 1 is 1.26 bits per heavy atom. The minimum atomic E-state index is -3.29. The molecule has 19 heavy (non-hydrogen) atoms. The van der Waals surface area contributed by atoms with Gasteiger partial charge in [-0.1, -0.05) is 30.3 Å². The van der Waals surface area contributed by atoms with Crippen LogP contribution in [0.5, 0.6) is 0 Å². The highest BCUT2D eigenvalue weighted by atomic mass is 32.2. The second-order valence-electron chi connectivity index (χ2n) is 4.24. The zero-order chi connectivity index (χ0) is 13.7. The number of nitrogens with zero attached hydrogens (tertiary/aromatic N) is 3. The van der Waals surface area contributed by atoms with E-state index in [4.69, 9.17) is 0 Å². The molecule has 0 aliphatic rings. The van der Waals surface area contributed by atoms with Crippen LogP contribution in [-0.2, 0) is 23.0 Å². The molecular weight excluding hydrogens is 264 g/mol. The maximum atomic E-state index is 12.1. The summed E-state index contributed by atoms with van der Waals surface area (Å²) in [5.41, 5.74) is 1.01. The van der Waals surface area contributed by atoms with E-state index in [9.17, 15) is 8.42 Å². The van der Waals surface area contributed by atoms with Crippen molar-refractivity contribution in [3.05, 3.63) is 48.0 Å². The second-order valence-corrected chi connectivity index (χ2v) is 6.44. The predicted octanol–water partition coefficient (Wildman–Crippen LogP) is 0.809. The van der Waals surface area contributed by atoms with Gasteiger partial charge in [0, 0.05) is 7.05 Å². The number of H-pyrrole nitrogens is 1. The molecule has 1 aromatic carbocycles. The third-order valence-corrected chi connectivity index (χ3v) is 4.60. The zero-order valence-electron chi connectivity index (χ0n) is 10.7. The number of nitrogens with one attached hydrogen (secondary N) is 1. The molecule has 6 nitrogen and oxygen atoms in total. The van der Waals surface area contributed by atoms with Gasteiger partial charge in [0.05, 0.1) is 12.3 Å². The quantitative estimate of drug-likeness (QED) is 0.849. The van der Waals surface area contributed by atoms with Crippen LogP contribution < -0.4 is 0 Å². The van der Waals surface area contributed by atoms with Crippen LogP contribution in [0, 0.1) is 0 Å². The summed E-state index contributed by atoms with van der Waals surface area (Å²) in [7, 11) is -1.74. The van der Waals surface area contributed by atoms with Crippen LogP contribution in [0.4, 0.5) is 0 Å². The van der Waals surface area contributed by atoms with Crippen molar-refractivity contribution in [2.45, 2.75) is 13.0 Å². The lowest BCUT2D eigenvalue weighted by Gasteiger charge is -2.15. The number of aryl methyl sites for hydroxylation is 1. The molecule has 0 atom stereocenters. The standard InChI is InChI=1S/C12H16N4O2S/c1-16(9-12-13-10-14-15-12)19(17,18)8-7-11-5-3-2-4-6-11/h2-6,10H,7-9H2,1H3,(H,13,14,15). The molecule has 1 N–H and O–H groups in total. The first kappa shape index (κ1) is 13.7. The topological polar surface area (TPSA) is 79.0 Å². The van der Waals surface area contributed by atoms with E-state index >= 15 is 0 Å². The van der Waals surface area contributed by atoms with Gasteiger partial charge >= 0.3 is 0 Å². The van der Waals surface area contributed by atoms with Crippen LogP contribution in [-0.4, -0.2) is 40.7 Å². The summed E-state index contributed by atoms with van der Waals surface area (Å²) in [4.78, 5) is 3.92. The Balaban J connectivity index is 1.94. The van der Waals surface area contributed by atoms with Crippen LogP contribution in [0.15, 0.2) is 36.7 Å². The average molecular weight is 280 g/mol. The molecule has 0 unspecified atom stereocenters. The molecule has 0 fully saturated rings. The molecule has 0 aliphatic carbocycles. The predicted molar refractivity (Wildman–Crippen MR) is 71.8 cm³/mol. The molecule has 7 heteroatoms. The number of benzene rings is 1. The van der Waals surface area contributed by atoms with Gasteiger partial charge in [0.2, 0.25) is 10.0 Å². The first-order valence-corrected chi connectivity index (χ1v) is 7.51. The molecular formula is C12H16N4O2S. The van der Waals surface area contributed by atoms with Crippen LogP contribution >= 0.6 is 0 Å². The van der Waals surface area contributed by atoms with Gasteiger partial charge < -0.3 is 0 Å². The number of hydrogen-bond acceptors (Lipinski definition) is 4. The summed E-state index contributed by atoms with van der Waals surface area (Å²) in [6.45, 7) is 0.205. The molecule has 102 valence electrons. The Kier molecular flexibility index (Phi) is 4.28. The molecule has 0 saturated heterocycles. The molecule has 0 aliphatic heterocycles. The van der Waals surface area contributed by atoms with E-state index in [2.05, 4.69) is 15.2 Å². The minimum Gasteiger partial charge on any atom is -0.262 e. The SMILES string of the molecule is CN(Cc1ncn[nH]1)S(=O)(=O)CCc1ccccc1. The molecule has 0 saturated carbocycles. The maximum Gasteiger partial charge on any atom is 0.214 e. The molecule has 0 amide bonds. The second kappa shape index (κ2) is 5.94. The first-order chi connectivity index (χ1) is 9.08. The lowest BCUT2D eigenvalue weighted by molar-refractivity contribution is 0.457. The third kappa shape index (κ3) is 3.87. The Morgan fingerprint density at radius 3 is 2.63 bits per heavy atom. The smallest absolute Gasteiger partial charge is 0.214 e. The van der Waals surface area contributed by atoms with E-state index in [0.29, 0.717) is 12.2 Å². The highest BCUT2D eigenvalue weighted by Crippen LogP contribution is 2.07. The Bertz CT molecular complexity index is 596. The van der Waals surface area contributed by atoms with Gasteiger partial charge in [-0.15, -0.1) is 0 Å². The van der Waals surface area contributed by atoms with Crippen LogP contribution in [0.1, 0.15) is 11.4 Å². The molecule has 2 aromatic rings. The van der Waals surface area contributed by atoms with Gasteiger partial charge in [0.25, 0.3) is 0 Å². The first-order valence-electron chi connectivity index (χ1n) is 5.90. The summed E-state index contributed by atoms with van der Waals surface area (Å²) < 4.78 is 25.5. The van der Waals surface area contributed by atoms with E-state index in [1.807, 2.05) is 30.3 Å². The van der Waals surface area contributed by atoms with Gasteiger partial charge in [-0.3, -0.25) is 5.10 Å². The Hall–Kier alpha value is -1.73. The number of aromatic amines is 1. The number of aromatic nitrogens is 3. The minimum absolute atomic E-state index is 0.0850. The molecule has 1 aromatic heterocycles. The highest BCUT2D eigenvalue weighted by Gasteiger charge is 2.18. The lowest BCUT2D eigenvalue weighted by atomic mass is 10.2. The number of rotatable bonds is 6. The van der Waals surface area contributed by atoms with E-state index < -0.39 is 10.0 Å². The fraction of sp³-hybridized carbons (Fsp3) is 0.333. The van der Waals surface area contributed by atoms with Gasteiger partial charge in [-0.05, 0) is 12.0 Å². The van der Waals surface area contributed by atoms with E-state index in [0.717, 1.165) is 5.56 Å². The van der Waals surface area contributed by atoms with Crippen LogP contribution in [0.2, 0.25) is 0 Å². The third-order valence-electron chi connectivity index (χ3n) is 2.80. The zero-order valence-corrected chi connectivity index (χ0v) is 11.5. The molecule has 0 bridgehead atoms. The van der Waals surface area contributed by atoms with E-state index in [1.165, 1.54) is 10.6 Å². The lowest BCUT2D eigenvalue weighted by Crippen LogP contribution is -2.30. The van der Waals surface area contributed by atoms with Crippen molar-refractivity contribution in [3.63, 3.8) is 0 Å². The van der Waals surface area contributed by atoms with Crippen LogP contribution in [0.3, 0.4) is 0 Å². The van der Waals surface area contributed by atoms with Gasteiger partial charge in [0.1, 0.15) is 12.2 Å². The summed E-state index contributed by atoms with van der Waals surface area (Å²) in [6.07, 6.45) is 1.86. The molecule has 0 spiro atoms. The summed E-state index contributed by atoms with van der Waals surface area (Å²) in [5, 5.41) is 6.34. The Morgan fingerprint density at radius 2 is 2.00 bits per heavy atom. The molecule has 1 heterocycles. The van der Waals surface area contributed by atoms with Crippen molar-refractivity contribution in [1.82, 2.24) is 19.5 Å². The van der Waals surface area contributed by atoms with Crippen LogP contribution in [0.25, 0.3) is 0 Å².